The summed E-state index contributed by atoms with van der Waals surface area (Å²) in [7, 11) is 12.6. The van der Waals surface area contributed by atoms with Crippen molar-refractivity contribution < 1.29 is 52.1 Å². The number of thiocarbonyl (C=S) groups is 1. The van der Waals surface area contributed by atoms with Gasteiger partial charge in [-0.25, -0.2) is 0 Å². The lowest BCUT2D eigenvalue weighted by Crippen LogP contribution is -2.61. The molecule has 0 spiro atoms. The number of hydrogen-bond acceptors (Lipinski definition) is 13. The summed E-state index contributed by atoms with van der Waals surface area (Å²) in [5, 5.41) is 0. The summed E-state index contributed by atoms with van der Waals surface area (Å²) >= 11 is 6.76. The second-order valence-corrected chi connectivity index (χ2v) is 9.25. The molecule has 0 aromatic rings. The zero-order valence-corrected chi connectivity index (χ0v) is 22.6. The molecule has 34 heavy (non-hydrogen) atoms. The van der Waals surface area contributed by atoms with E-state index in [1.54, 1.807) is 56.9 Å². The first-order valence-corrected chi connectivity index (χ1v) is 12.2. The summed E-state index contributed by atoms with van der Waals surface area (Å²) in [5.41, 5.74) is 0. The molecule has 2 saturated heterocycles. The van der Waals surface area contributed by atoms with Gasteiger partial charge in [-0.05, 0) is 12.2 Å². The second-order valence-electron chi connectivity index (χ2n) is 7.63. The standard InChI is InChI=1S/C21H38O11S2/c1-22-13-11(31-19(28-7)17(26-5)15(13)24-3)9-30-21(33)34-10-12-14(23-2)16(25-4)18(27-6)20(29-8)32-12/h11-20H,9-10H2,1-8H3. The van der Waals surface area contributed by atoms with Crippen LogP contribution in [0.3, 0.4) is 0 Å². The molecule has 10 unspecified atom stereocenters. The molecule has 0 radical (unpaired) electrons. The fourth-order valence-electron chi connectivity index (χ4n) is 4.35. The highest BCUT2D eigenvalue weighted by Crippen LogP contribution is 2.31. The smallest absolute Gasteiger partial charge is 0.220 e. The largest absolute Gasteiger partial charge is 0.476 e. The van der Waals surface area contributed by atoms with Crippen LogP contribution in [0.5, 0.6) is 0 Å². The molecule has 2 heterocycles. The molecular formula is C21H38O11S2. The van der Waals surface area contributed by atoms with E-state index in [2.05, 4.69) is 0 Å². The predicted molar refractivity (Wildman–Crippen MR) is 127 cm³/mol. The number of thioether (sulfide) groups is 1. The maximum Gasteiger partial charge on any atom is 0.220 e. The van der Waals surface area contributed by atoms with Crippen molar-refractivity contribution in [3.05, 3.63) is 0 Å². The molecule has 0 aliphatic carbocycles. The van der Waals surface area contributed by atoms with E-state index in [0.29, 0.717) is 10.1 Å². The summed E-state index contributed by atoms with van der Waals surface area (Å²) in [5.74, 6) is 0.458. The molecule has 0 N–H and O–H groups in total. The van der Waals surface area contributed by atoms with Crippen LogP contribution in [0.4, 0.5) is 0 Å². The number of methoxy groups -OCH3 is 8. The quantitative estimate of drug-likeness (QED) is 0.334. The van der Waals surface area contributed by atoms with E-state index >= 15 is 0 Å². The Morgan fingerprint density at radius 2 is 1.00 bits per heavy atom. The van der Waals surface area contributed by atoms with Crippen LogP contribution in [0.2, 0.25) is 0 Å². The molecule has 0 aromatic heterocycles. The lowest BCUT2D eigenvalue weighted by molar-refractivity contribution is -0.305. The predicted octanol–water partition coefficient (Wildman–Crippen LogP) is 0.854. The Morgan fingerprint density at radius 1 is 0.588 bits per heavy atom. The molecule has 2 rings (SSSR count). The van der Waals surface area contributed by atoms with E-state index in [9.17, 15) is 0 Å². The van der Waals surface area contributed by atoms with Crippen molar-refractivity contribution >= 4 is 28.4 Å². The van der Waals surface area contributed by atoms with E-state index in [1.165, 1.54) is 11.8 Å². The lowest BCUT2D eigenvalue weighted by atomic mass is 9.98. The van der Waals surface area contributed by atoms with Gasteiger partial charge in [-0.2, -0.15) is 0 Å². The first kappa shape index (κ1) is 30.1. The van der Waals surface area contributed by atoms with Gasteiger partial charge in [0, 0.05) is 62.6 Å². The van der Waals surface area contributed by atoms with Crippen LogP contribution in [0, 0.1) is 0 Å². The van der Waals surface area contributed by atoms with Crippen LogP contribution in [0.15, 0.2) is 0 Å². The molecule has 0 bridgehead atoms. The second kappa shape index (κ2) is 15.2. The maximum absolute atomic E-state index is 6.06. The van der Waals surface area contributed by atoms with Gasteiger partial charge in [0.15, 0.2) is 12.6 Å². The molecule has 2 aliphatic heterocycles. The Labute approximate surface area is 211 Å². The van der Waals surface area contributed by atoms with E-state index < -0.39 is 43.1 Å². The summed E-state index contributed by atoms with van der Waals surface area (Å²) in [4.78, 5) is 0. The Balaban J connectivity index is 1.96. The van der Waals surface area contributed by atoms with Gasteiger partial charge in [0.1, 0.15) is 49.3 Å². The third-order valence-electron chi connectivity index (χ3n) is 6.01. The lowest BCUT2D eigenvalue weighted by Gasteiger charge is -2.44. The Kier molecular flexibility index (Phi) is 13.4. The van der Waals surface area contributed by atoms with Crippen LogP contribution in [-0.4, -0.2) is 135 Å². The fourth-order valence-corrected chi connectivity index (χ4v) is 5.34. The highest BCUT2D eigenvalue weighted by atomic mass is 32.2. The summed E-state index contributed by atoms with van der Waals surface area (Å²) in [6.45, 7) is 0.146. The molecule has 2 fully saturated rings. The van der Waals surface area contributed by atoms with Gasteiger partial charge in [-0.15, -0.1) is 0 Å². The van der Waals surface area contributed by atoms with Crippen molar-refractivity contribution in [2.24, 2.45) is 0 Å². The van der Waals surface area contributed by atoms with Gasteiger partial charge >= 0.3 is 0 Å². The van der Waals surface area contributed by atoms with Gasteiger partial charge in [0.2, 0.25) is 4.38 Å². The van der Waals surface area contributed by atoms with E-state index in [-0.39, 0.29) is 24.9 Å². The van der Waals surface area contributed by atoms with Crippen molar-refractivity contribution in [2.45, 2.75) is 61.4 Å². The Bertz CT molecular complexity index is 553. The van der Waals surface area contributed by atoms with Gasteiger partial charge in [-0.3, -0.25) is 0 Å². The minimum Gasteiger partial charge on any atom is -0.476 e. The third-order valence-corrected chi connectivity index (χ3v) is 7.33. The van der Waals surface area contributed by atoms with E-state index in [4.69, 9.17) is 64.3 Å². The molecular weight excluding hydrogens is 492 g/mol. The van der Waals surface area contributed by atoms with E-state index in [1.807, 2.05) is 0 Å². The molecule has 10 atom stereocenters. The number of rotatable bonds is 12. The minimum absolute atomic E-state index is 0.146. The summed E-state index contributed by atoms with van der Waals surface area (Å²) < 4.78 is 62.6. The van der Waals surface area contributed by atoms with Crippen LogP contribution in [0.1, 0.15) is 0 Å². The fraction of sp³-hybridized carbons (Fsp3) is 0.952. The average molecular weight is 531 g/mol. The van der Waals surface area contributed by atoms with Crippen molar-refractivity contribution in [3.63, 3.8) is 0 Å². The van der Waals surface area contributed by atoms with Crippen LogP contribution in [0.25, 0.3) is 0 Å². The topological polar surface area (TPSA) is 102 Å². The minimum atomic E-state index is -0.639. The highest BCUT2D eigenvalue weighted by molar-refractivity contribution is 8.22. The van der Waals surface area contributed by atoms with Crippen LogP contribution >= 0.6 is 24.0 Å². The third kappa shape index (κ3) is 6.99. The van der Waals surface area contributed by atoms with Crippen molar-refractivity contribution in [1.29, 1.82) is 0 Å². The molecule has 11 nitrogen and oxygen atoms in total. The Hall–Kier alpha value is -0.160. The van der Waals surface area contributed by atoms with E-state index in [0.717, 1.165) is 0 Å². The number of ether oxygens (including phenoxy) is 11. The van der Waals surface area contributed by atoms with Gasteiger partial charge < -0.3 is 52.1 Å². The molecule has 0 saturated carbocycles. The zero-order chi connectivity index (χ0) is 25.3. The highest BCUT2D eigenvalue weighted by Gasteiger charge is 2.49. The summed E-state index contributed by atoms with van der Waals surface area (Å²) in [6, 6.07) is 0. The summed E-state index contributed by atoms with van der Waals surface area (Å²) in [6.07, 6.45) is -4.59. The SMILES string of the molecule is COC1OC(COC(=S)SCC2OC(OC)C(OC)C(OC)C2OC)C(OC)C(OC)C1OC. The first-order valence-electron chi connectivity index (χ1n) is 10.8. The van der Waals surface area contributed by atoms with Gasteiger partial charge in [-0.1, -0.05) is 11.8 Å². The van der Waals surface area contributed by atoms with Crippen LogP contribution in [-0.2, 0) is 52.1 Å². The molecule has 0 aromatic carbocycles. The van der Waals surface area contributed by atoms with Crippen molar-refractivity contribution in [1.82, 2.24) is 0 Å². The van der Waals surface area contributed by atoms with Gasteiger partial charge in [0.25, 0.3) is 0 Å². The molecule has 2 aliphatic rings. The monoisotopic (exact) mass is 530 g/mol. The van der Waals surface area contributed by atoms with Crippen molar-refractivity contribution in [3.8, 4) is 0 Å². The Morgan fingerprint density at radius 3 is 1.41 bits per heavy atom. The average Bonchev–Trinajstić information content (AvgIpc) is 2.87. The normalized spacial score (nSPS) is 38.6. The van der Waals surface area contributed by atoms with Crippen molar-refractivity contribution in [2.75, 3.05) is 69.2 Å². The first-order chi connectivity index (χ1) is 16.4. The maximum atomic E-state index is 6.06. The van der Waals surface area contributed by atoms with Crippen LogP contribution < -0.4 is 0 Å². The number of hydrogen-bond donors (Lipinski definition) is 0. The molecule has 13 heteroatoms. The zero-order valence-electron chi connectivity index (χ0n) is 21.0. The molecule has 0 amide bonds. The molecule has 200 valence electrons. The van der Waals surface area contributed by atoms with Gasteiger partial charge in [0.05, 0.1) is 6.10 Å².